The number of rotatable bonds is 7. The number of amides is 1. The summed E-state index contributed by atoms with van der Waals surface area (Å²) >= 11 is 6.05. The van der Waals surface area contributed by atoms with Crippen molar-refractivity contribution in [3.8, 4) is 5.75 Å². The lowest BCUT2D eigenvalue weighted by Gasteiger charge is -2.30. The Morgan fingerprint density at radius 2 is 1.89 bits per heavy atom. The molecule has 1 N–H and O–H groups in total. The Balaban J connectivity index is 1.72. The van der Waals surface area contributed by atoms with Crippen molar-refractivity contribution in [1.29, 1.82) is 0 Å². The number of morpholine rings is 1. The summed E-state index contributed by atoms with van der Waals surface area (Å²) in [6.45, 7) is 7.33. The van der Waals surface area contributed by atoms with Gasteiger partial charge in [-0.25, -0.2) is 4.39 Å². The molecule has 0 aliphatic carbocycles. The maximum atomic E-state index is 14.6. The fraction of sp³-hybridized carbons (Fsp3) is 0.385. The Hall–Kier alpha value is -2.94. The van der Waals surface area contributed by atoms with Crippen LogP contribution in [0.15, 0.2) is 48.0 Å². The minimum Gasteiger partial charge on any atom is -0.872 e. The highest BCUT2D eigenvalue weighted by molar-refractivity contribution is 6.46. The Labute approximate surface area is 208 Å². The number of Topliss-reactive ketones (excluding diaryl/α,β-unsaturated/α-hetero) is 1. The van der Waals surface area contributed by atoms with Crippen LogP contribution in [0.1, 0.15) is 31.0 Å². The first-order valence-electron chi connectivity index (χ1n) is 11.7. The monoisotopic (exact) mass is 502 g/mol. The van der Waals surface area contributed by atoms with Gasteiger partial charge in [0, 0.05) is 10.6 Å². The number of ketones is 1. The van der Waals surface area contributed by atoms with E-state index in [0.29, 0.717) is 36.9 Å². The number of nitrogens with zero attached hydrogens (tertiary/aromatic N) is 1. The van der Waals surface area contributed by atoms with Crippen LogP contribution in [0.2, 0.25) is 5.02 Å². The summed E-state index contributed by atoms with van der Waals surface area (Å²) in [6.07, 6.45) is -0.245. The maximum Gasteiger partial charge on any atom is 0.295 e. The van der Waals surface area contributed by atoms with Gasteiger partial charge in [-0.1, -0.05) is 35.6 Å². The lowest BCUT2D eigenvalue weighted by atomic mass is 9.95. The van der Waals surface area contributed by atoms with Crippen molar-refractivity contribution in [3.63, 3.8) is 0 Å². The molecule has 0 radical (unpaired) electrons. The molecule has 2 aromatic rings. The zero-order valence-corrected chi connectivity index (χ0v) is 20.4. The Morgan fingerprint density at radius 3 is 2.51 bits per heavy atom. The summed E-state index contributed by atoms with van der Waals surface area (Å²) in [4.78, 5) is 28.9. The van der Waals surface area contributed by atoms with E-state index in [4.69, 9.17) is 21.1 Å². The van der Waals surface area contributed by atoms with Gasteiger partial charge >= 0.3 is 0 Å². The van der Waals surface area contributed by atoms with Crippen molar-refractivity contribution in [1.82, 2.24) is 4.90 Å². The molecule has 1 unspecified atom stereocenters. The zero-order valence-electron chi connectivity index (χ0n) is 19.7. The Morgan fingerprint density at radius 1 is 1.20 bits per heavy atom. The van der Waals surface area contributed by atoms with E-state index in [1.807, 2.05) is 0 Å². The van der Waals surface area contributed by atoms with Crippen LogP contribution in [0, 0.1) is 5.82 Å². The quantitative estimate of drug-likeness (QED) is 0.351. The van der Waals surface area contributed by atoms with E-state index in [1.54, 1.807) is 38.1 Å². The number of likely N-dealkylation sites (tertiary alicyclic amines) is 1. The van der Waals surface area contributed by atoms with Crippen molar-refractivity contribution < 1.29 is 33.5 Å². The van der Waals surface area contributed by atoms with E-state index in [0.717, 1.165) is 19.2 Å². The highest BCUT2D eigenvalue weighted by Crippen LogP contribution is 2.39. The molecular weight excluding hydrogens is 475 g/mol. The van der Waals surface area contributed by atoms with Gasteiger partial charge in [-0.15, -0.1) is 0 Å². The summed E-state index contributed by atoms with van der Waals surface area (Å²) in [5, 5.41) is 14.0. The molecule has 9 heteroatoms. The molecule has 2 aromatic carbocycles. The molecule has 0 spiro atoms. The fourth-order valence-corrected chi connectivity index (χ4v) is 4.55. The van der Waals surface area contributed by atoms with Gasteiger partial charge in [0.1, 0.15) is 13.1 Å². The van der Waals surface area contributed by atoms with E-state index < -0.39 is 29.3 Å². The molecule has 186 valence electrons. The van der Waals surface area contributed by atoms with Gasteiger partial charge in [-0.3, -0.25) is 9.59 Å². The second-order valence-electron chi connectivity index (χ2n) is 8.95. The average molecular weight is 503 g/mol. The zero-order chi connectivity index (χ0) is 25.1. The minimum absolute atomic E-state index is 0.0136. The number of ether oxygens (including phenoxy) is 2. The molecule has 7 nitrogen and oxygen atoms in total. The molecule has 2 fully saturated rings. The van der Waals surface area contributed by atoms with E-state index >= 15 is 0 Å². The summed E-state index contributed by atoms with van der Waals surface area (Å²) in [7, 11) is 0. The number of nitrogens with one attached hydrogen (secondary N) is 1. The summed E-state index contributed by atoms with van der Waals surface area (Å²) < 4.78 is 25.4. The van der Waals surface area contributed by atoms with Crippen LogP contribution < -0.4 is 14.7 Å². The standard InChI is InChI=1S/C26H28ClFN2O5/c1-16(2)35-21-8-5-18(15-20(21)28)24(31)22-23(17-3-6-19(27)7-4-17)30(26(33)25(22)32)10-9-29-11-13-34-14-12-29/h3-8,15-16,23,31H,9-14H2,1-2H3. The number of benzene rings is 2. The molecule has 35 heavy (non-hydrogen) atoms. The van der Waals surface area contributed by atoms with Crippen LogP contribution >= 0.6 is 11.6 Å². The number of halogens is 2. The Kier molecular flexibility index (Phi) is 7.74. The van der Waals surface area contributed by atoms with Crippen LogP contribution in [0.5, 0.6) is 5.75 Å². The summed E-state index contributed by atoms with van der Waals surface area (Å²) in [5.74, 6) is -2.98. The van der Waals surface area contributed by atoms with Crippen molar-refractivity contribution in [3.05, 3.63) is 70.0 Å². The molecule has 1 atom stereocenters. The first-order chi connectivity index (χ1) is 16.8. The number of hydrogen-bond acceptors (Lipinski definition) is 5. The second kappa shape index (κ2) is 10.8. The topological polar surface area (TPSA) is 83.3 Å². The lowest BCUT2D eigenvalue weighted by molar-refractivity contribution is -0.907. The molecule has 0 bridgehead atoms. The number of hydrogen-bond donors (Lipinski definition) is 1. The fourth-order valence-electron chi connectivity index (χ4n) is 4.43. The molecule has 0 saturated carbocycles. The first kappa shape index (κ1) is 25.2. The van der Waals surface area contributed by atoms with Gasteiger partial charge in [0.2, 0.25) is 5.78 Å². The van der Waals surface area contributed by atoms with E-state index in [1.165, 1.54) is 21.9 Å². The van der Waals surface area contributed by atoms with Gasteiger partial charge < -0.3 is 24.4 Å². The van der Waals surface area contributed by atoms with Gasteiger partial charge in [0.25, 0.3) is 5.91 Å². The first-order valence-corrected chi connectivity index (χ1v) is 12.0. The van der Waals surface area contributed by atoms with Crippen LogP contribution in [0.4, 0.5) is 4.39 Å². The predicted octanol–water partition coefficient (Wildman–Crippen LogP) is 1.41. The van der Waals surface area contributed by atoms with Gasteiger partial charge in [0.15, 0.2) is 11.6 Å². The van der Waals surface area contributed by atoms with Crippen molar-refractivity contribution in [2.75, 3.05) is 39.4 Å². The highest BCUT2D eigenvalue weighted by atomic mass is 35.5. The Bertz CT molecular complexity index is 1130. The maximum absolute atomic E-state index is 14.6. The van der Waals surface area contributed by atoms with E-state index in [9.17, 15) is 19.1 Å². The average Bonchev–Trinajstić information content (AvgIpc) is 3.09. The molecule has 2 saturated heterocycles. The van der Waals surface area contributed by atoms with Crippen molar-refractivity contribution in [2.24, 2.45) is 0 Å². The van der Waals surface area contributed by atoms with Crippen LogP contribution in [-0.4, -0.2) is 62.1 Å². The minimum atomic E-state index is -0.880. The van der Waals surface area contributed by atoms with E-state index in [2.05, 4.69) is 0 Å². The predicted molar refractivity (Wildman–Crippen MR) is 126 cm³/mol. The van der Waals surface area contributed by atoms with Crippen molar-refractivity contribution in [2.45, 2.75) is 26.0 Å². The third-order valence-corrected chi connectivity index (χ3v) is 6.43. The van der Waals surface area contributed by atoms with Gasteiger partial charge in [-0.05, 0) is 49.2 Å². The van der Waals surface area contributed by atoms with Crippen LogP contribution in [0.3, 0.4) is 0 Å². The number of carbonyl (C=O) groups is 2. The highest BCUT2D eigenvalue weighted by Gasteiger charge is 2.44. The van der Waals surface area contributed by atoms with Gasteiger partial charge in [-0.2, -0.15) is 0 Å². The van der Waals surface area contributed by atoms with Crippen LogP contribution in [0.25, 0.3) is 5.76 Å². The van der Waals surface area contributed by atoms with Crippen molar-refractivity contribution >= 4 is 29.1 Å². The SMILES string of the molecule is CC(C)Oc1ccc(C([O-])=C2C(=O)C(=O)N(CC[NH+]3CCOCC3)C2c2ccc(Cl)cc2)cc1F. The normalized spacial score (nSPS) is 20.6. The third kappa shape index (κ3) is 5.50. The van der Waals surface area contributed by atoms with Crippen LogP contribution in [-0.2, 0) is 14.3 Å². The van der Waals surface area contributed by atoms with Gasteiger partial charge in [0.05, 0.1) is 38.4 Å². The lowest BCUT2D eigenvalue weighted by Crippen LogP contribution is -3.14. The molecule has 4 rings (SSSR count). The molecule has 0 aromatic heterocycles. The summed E-state index contributed by atoms with van der Waals surface area (Å²) in [5.41, 5.74) is 0.384. The molecular formula is C26H28ClFN2O5. The summed E-state index contributed by atoms with van der Waals surface area (Å²) in [6, 6.07) is 9.63. The molecule has 2 heterocycles. The molecule has 1 amide bonds. The third-order valence-electron chi connectivity index (χ3n) is 6.18. The van der Waals surface area contributed by atoms with E-state index in [-0.39, 0.29) is 23.0 Å². The second-order valence-corrected chi connectivity index (χ2v) is 9.39. The largest absolute Gasteiger partial charge is 0.872 e. The smallest absolute Gasteiger partial charge is 0.295 e. The number of carbonyl (C=O) groups excluding carboxylic acids is 2. The molecule has 2 aliphatic rings. The molecule has 2 aliphatic heterocycles. The number of quaternary nitrogens is 1.